The number of nitrogens with zero attached hydrogens (tertiary/aromatic N) is 4. The molecule has 4 aromatic rings. The third-order valence-electron chi connectivity index (χ3n) is 4.79. The van der Waals surface area contributed by atoms with E-state index in [2.05, 4.69) is 20.6 Å². The average Bonchev–Trinajstić information content (AvgIpc) is 3.40. The highest BCUT2D eigenvalue weighted by molar-refractivity contribution is 7.99. The van der Waals surface area contributed by atoms with Crippen LogP contribution < -0.4 is 10.1 Å². The highest BCUT2D eigenvalue weighted by Crippen LogP contribution is 2.26. The summed E-state index contributed by atoms with van der Waals surface area (Å²) in [5.74, 6) is -0.347. The van der Waals surface area contributed by atoms with E-state index in [9.17, 15) is 9.18 Å². The number of aromatic nitrogens is 4. The van der Waals surface area contributed by atoms with Crippen LogP contribution in [0.1, 0.15) is 30.3 Å². The van der Waals surface area contributed by atoms with Crippen LogP contribution in [0.5, 0.6) is 5.75 Å². The zero-order valence-electron chi connectivity index (χ0n) is 18.3. The van der Waals surface area contributed by atoms with Crippen LogP contribution in [-0.4, -0.2) is 31.6 Å². The van der Waals surface area contributed by atoms with Crippen molar-refractivity contribution in [2.75, 3.05) is 11.1 Å². The highest BCUT2D eigenvalue weighted by atomic mass is 32.2. The summed E-state index contributed by atoms with van der Waals surface area (Å²) < 4.78 is 26.7. The maximum atomic E-state index is 13.8. The first-order valence-electron chi connectivity index (χ1n) is 10.2. The number of para-hydroxylation sites is 2. The van der Waals surface area contributed by atoms with Crippen molar-refractivity contribution in [1.82, 2.24) is 20.0 Å². The standard InChI is InChI=1S/C23H22FN5O3S/c1-14-21(15(2)29(28-14)17-9-5-4-6-10-17)25-20(30)13-33-23-27-26-22(32-23)16(3)31-19-12-8-7-11-18(19)24/h4-12,16H,13H2,1-3H3,(H,25,30)/t16-/m1/s1. The van der Waals surface area contributed by atoms with Crippen molar-refractivity contribution >= 4 is 23.4 Å². The molecule has 0 saturated heterocycles. The number of thioether (sulfide) groups is 1. The topological polar surface area (TPSA) is 95.1 Å². The van der Waals surface area contributed by atoms with Crippen LogP contribution in [0.2, 0.25) is 0 Å². The predicted molar refractivity (Wildman–Crippen MR) is 122 cm³/mol. The Balaban J connectivity index is 1.35. The van der Waals surface area contributed by atoms with Crippen molar-refractivity contribution in [3.05, 3.63) is 77.7 Å². The number of amides is 1. The summed E-state index contributed by atoms with van der Waals surface area (Å²) in [4.78, 5) is 12.5. The number of halogens is 1. The Hall–Kier alpha value is -3.66. The number of aryl methyl sites for hydroxylation is 1. The molecule has 4 rings (SSSR count). The number of nitrogens with one attached hydrogen (secondary N) is 1. The lowest BCUT2D eigenvalue weighted by molar-refractivity contribution is -0.113. The number of anilines is 1. The number of carbonyl (C=O) groups excluding carboxylic acids is 1. The van der Waals surface area contributed by atoms with Crippen LogP contribution >= 0.6 is 11.8 Å². The molecule has 1 atom stereocenters. The summed E-state index contributed by atoms with van der Waals surface area (Å²) >= 11 is 1.10. The Morgan fingerprint density at radius 2 is 1.88 bits per heavy atom. The first-order valence-corrected chi connectivity index (χ1v) is 11.2. The summed E-state index contributed by atoms with van der Waals surface area (Å²) in [6.07, 6.45) is -0.647. The zero-order valence-corrected chi connectivity index (χ0v) is 19.1. The summed E-state index contributed by atoms with van der Waals surface area (Å²) in [6, 6.07) is 15.8. The molecule has 1 amide bonds. The molecule has 10 heteroatoms. The van der Waals surface area contributed by atoms with Gasteiger partial charge in [-0.05, 0) is 45.0 Å². The maximum absolute atomic E-state index is 13.8. The minimum Gasteiger partial charge on any atom is -0.478 e. The van der Waals surface area contributed by atoms with Gasteiger partial charge in [-0.15, -0.1) is 10.2 Å². The SMILES string of the molecule is Cc1nn(-c2ccccc2)c(C)c1NC(=O)CSc1nnc([C@@H](C)Oc2ccccc2F)o1. The molecule has 0 aliphatic carbocycles. The third kappa shape index (κ3) is 5.23. The highest BCUT2D eigenvalue weighted by Gasteiger charge is 2.19. The summed E-state index contributed by atoms with van der Waals surface area (Å²) in [5.41, 5.74) is 3.13. The van der Waals surface area contributed by atoms with Gasteiger partial charge in [0.25, 0.3) is 11.1 Å². The number of ether oxygens (including phenoxy) is 1. The van der Waals surface area contributed by atoms with E-state index >= 15 is 0 Å². The summed E-state index contributed by atoms with van der Waals surface area (Å²) in [7, 11) is 0. The number of benzene rings is 2. The second-order valence-corrected chi connectivity index (χ2v) is 8.15. The second kappa shape index (κ2) is 9.86. The molecule has 0 aliphatic rings. The van der Waals surface area contributed by atoms with Crippen molar-refractivity contribution in [2.45, 2.75) is 32.1 Å². The fourth-order valence-electron chi connectivity index (χ4n) is 3.17. The van der Waals surface area contributed by atoms with Crippen LogP contribution in [-0.2, 0) is 4.79 Å². The van der Waals surface area contributed by atoms with Crippen LogP contribution in [0.4, 0.5) is 10.1 Å². The quantitative estimate of drug-likeness (QED) is 0.369. The minimum atomic E-state index is -0.647. The Morgan fingerprint density at radius 3 is 2.64 bits per heavy atom. The predicted octanol–water partition coefficient (Wildman–Crippen LogP) is 4.88. The third-order valence-corrected chi connectivity index (χ3v) is 5.61. The number of carbonyl (C=O) groups is 1. The molecule has 8 nitrogen and oxygen atoms in total. The van der Waals surface area contributed by atoms with Gasteiger partial charge >= 0.3 is 0 Å². The first kappa shape index (κ1) is 22.5. The van der Waals surface area contributed by atoms with E-state index in [-0.39, 0.29) is 28.5 Å². The molecular weight excluding hydrogens is 445 g/mol. The average molecular weight is 468 g/mol. The van der Waals surface area contributed by atoms with Gasteiger partial charge in [-0.3, -0.25) is 4.79 Å². The van der Waals surface area contributed by atoms with E-state index in [0.717, 1.165) is 23.1 Å². The van der Waals surface area contributed by atoms with Crippen molar-refractivity contribution in [3.63, 3.8) is 0 Å². The minimum absolute atomic E-state index is 0.0690. The molecule has 1 N–H and O–H groups in total. The van der Waals surface area contributed by atoms with Crippen molar-refractivity contribution < 1.29 is 18.3 Å². The molecule has 0 unspecified atom stereocenters. The lowest BCUT2D eigenvalue weighted by Gasteiger charge is -2.11. The number of hydrogen-bond acceptors (Lipinski definition) is 7. The largest absolute Gasteiger partial charge is 0.478 e. The Kier molecular flexibility index (Phi) is 6.74. The monoisotopic (exact) mass is 467 g/mol. The van der Waals surface area contributed by atoms with Gasteiger partial charge < -0.3 is 14.5 Å². The number of rotatable bonds is 8. The van der Waals surface area contributed by atoms with Gasteiger partial charge in [0.05, 0.1) is 28.5 Å². The van der Waals surface area contributed by atoms with Crippen LogP contribution in [0.3, 0.4) is 0 Å². The van der Waals surface area contributed by atoms with Crippen molar-refractivity contribution in [2.24, 2.45) is 0 Å². The van der Waals surface area contributed by atoms with Gasteiger partial charge in [0, 0.05) is 0 Å². The fourth-order valence-corrected chi connectivity index (χ4v) is 3.74. The molecule has 0 bridgehead atoms. The summed E-state index contributed by atoms with van der Waals surface area (Å²) in [6.45, 7) is 5.42. The van der Waals surface area contributed by atoms with E-state index in [1.807, 2.05) is 44.2 Å². The van der Waals surface area contributed by atoms with Gasteiger partial charge in [-0.1, -0.05) is 42.1 Å². The Labute approximate surface area is 194 Å². The number of hydrogen-bond donors (Lipinski definition) is 1. The Morgan fingerprint density at radius 1 is 1.15 bits per heavy atom. The second-order valence-electron chi connectivity index (χ2n) is 7.23. The lowest BCUT2D eigenvalue weighted by Crippen LogP contribution is -2.15. The first-order chi connectivity index (χ1) is 15.9. The van der Waals surface area contributed by atoms with Crippen molar-refractivity contribution in [1.29, 1.82) is 0 Å². The molecule has 0 radical (unpaired) electrons. The molecule has 2 aromatic heterocycles. The summed E-state index contributed by atoms with van der Waals surface area (Å²) in [5, 5.41) is 15.5. The molecule has 0 fully saturated rings. The maximum Gasteiger partial charge on any atom is 0.277 e. The molecule has 170 valence electrons. The van der Waals surface area contributed by atoms with Crippen LogP contribution in [0.15, 0.2) is 64.2 Å². The van der Waals surface area contributed by atoms with Crippen LogP contribution in [0, 0.1) is 19.7 Å². The van der Waals surface area contributed by atoms with Crippen LogP contribution in [0.25, 0.3) is 5.69 Å². The van der Waals surface area contributed by atoms with E-state index < -0.39 is 11.9 Å². The lowest BCUT2D eigenvalue weighted by atomic mass is 10.3. The molecule has 2 heterocycles. The van der Waals surface area contributed by atoms with E-state index in [0.29, 0.717) is 11.4 Å². The van der Waals surface area contributed by atoms with Gasteiger partial charge in [0.1, 0.15) is 0 Å². The van der Waals surface area contributed by atoms with Gasteiger partial charge in [0.2, 0.25) is 5.91 Å². The molecule has 0 aliphatic heterocycles. The fraction of sp³-hybridized carbons (Fsp3) is 0.217. The smallest absolute Gasteiger partial charge is 0.277 e. The normalized spacial score (nSPS) is 11.9. The molecular formula is C23H22FN5O3S. The van der Waals surface area contributed by atoms with Crippen molar-refractivity contribution in [3.8, 4) is 11.4 Å². The zero-order chi connectivity index (χ0) is 23.4. The molecule has 0 spiro atoms. The molecule has 0 saturated carbocycles. The van der Waals surface area contributed by atoms with Gasteiger partial charge in [0.15, 0.2) is 17.7 Å². The van der Waals surface area contributed by atoms with Gasteiger partial charge in [-0.2, -0.15) is 5.10 Å². The Bertz CT molecular complexity index is 1260. The molecule has 33 heavy (non-hydrogen) atoms. The van der Waals surface area contributed by atoms with E-state index in [4.69, 9.17) is 9.15 Å². The van der Waals surface area contributed by atoms with E-state index in [1.54, 1.807) is 23.7 Å². The van der Waals surface area contributed by atoms with Gasteiger partial charge in [-0.25, -0.2) is 9.07 Å². The van der Waals surface area contributed by atoms with E-state index in [1.165, 1.54) is 12.1 Å². The molecule has 2 aromatic carbocycles.